The first-order valence-corrected chi connectivity index (χ1v) is 8.27. The lowest BCUT2D eigenvalue weighted by Crippen LogP contribution is -2.30. The highest BCUT2D eigenvalue weighted by Crippen LogP contribution is 2.38. The molecule has 1 N–H and O–H groups in total. The summed E-state index contributed by atoms with van der Waals surface area (Å²) in [7, 11) is 0. The number of anilines is 1. The van der Waals surface area contributed by atoms with Crippen molar-refractivity contribution in [3.63, 3.8) is 0 Å². The van der Waals surface area contributed by atoms with Crippen LogP contribution in [0.15, 0.2) is 48.5 Å². The third kappa shape index (κ3) is 3.36. The maximum absolute atomic E-state index is 6.30. The Balaban J connectivity index is 1.85. The molecule has 0 amide bonds. The second kappa shape index (κ2) is 6.72. The molecule has 0 heterocycles. The van der Waals surface area contributed by atoms with E-state index >= 15 is 0 Å². The third-order valence-corrected chi connectivity index (χ3v) is 4.92. The van der Waals surface area contributed by atoms with Crippen molar-refractivity contribution in [2.45, 2.75) is 37.6 Å². The maximum atomic E-state index is 6.30. The van der Waals surface area contributed by atoms with E-state index in [2.05, 4.69) is 35.6 Å². The minimum atomic E-state index is 0.388. The molecule has 0 spiro atoms. The predicted molar refractivity (Wildman–Crippen MR) is 91.5 cm³/mol. The highest BCUT2D eigenvalue weighted by Gasteiger charge is 2.27. The molecule has 1 saturated carbocycles. The molecule has 3 heteroatoms. The van der Waals surface area contributed by atoms with E-state index in [-0.39, 0.29) is 0 Å². The summed E-state index contributed by atoms with van der Waals surface area (Å²) in [5, 5.41) is 4.99. The molecule has 0 aromatic heterocycles. The first-order chi connectivity index (χ1) is 10.3. The Bertz CT molecular complexity index is 577. The molecule has 1 aliphatic carbocycles. The molecule has 3 rings (SSSR count). The van der Waals surface area contributed by atoms with Gasteiger partial charge >= 0.3 is 0 Å². The monoisotopic (exact) mass is 319 g/mol. The number of hydrogen-bond acceptors (Lipinski definition) is 1. The van der Waals surface area contributed by atoms with E-state index in [4.69, 9.17) is 23.2 Å². The lowest BCUT2D eigenvalue weighted by molar-refractivity contribution is 0.405. The van der Waals surface area contributed by atoms with Gasteiger partial charge in [-0.15, -0.1) is 0 Å². The van der Waals surface area contributed by atoms with Gasteiger partial charge in [0.05, 0.1) is 15.7 Å². The van der Waals surface area contributed by atoms with Crippen LogP contribution < -0.4 is 5.32 Å². The topological polar surface area (TPSA) is 12.0 Å². The lowest BCUT2D eigenvalue weighted by Gasteiger charge is -2.33. The van der Waals surface area contributed by atoms with E-state index in [0.29, 0.717) is 22.0 Å². The number of rotatable bonds is 3. The predicted octanol–water partition coefficient (Wildman–Crippen LogP) is 6.13. The van der Waals surface area contributed by atoms with Crippen LogP contribution in [-0.4, -0.2) is 6.04 Å². The van der Waals surface area contributed by atoms with Crippen LogP contribution in [0.5, 0.6) is 0 Å². The third-order valence-electron chi connectivity index (χ3n) is 4.29. The quantitative estimate of drug-likeness (QED) is 0.717. The number of benzene rings is 2. The summed E-state index contributed by atoms with van der Waals surface area (Å²) >= 11 is 12.6. The minimum absolute atomic E-state index is 0.388. The molecule has 1 nitrogen and oxygen atoms in total. The van der Waals surface area contributed by atoms with Gasteiger partial charge in [0, 0.05) is 12.0 Å². The van der Waals surface area contributed by atoms with Crippen LogP contribution in [-0.2, 0) is 0 Å². The summed E-state index contributed by atoms with van der Waals surface area (Å²) < 4.78 is 0. The van der Waals surface area contributed by atoms with Gasteiger partial charge in [0.1, 0.15) is 0 Å². The first-order valence-electron chi connectivity index (χ1n) is 7.51. The van der Waals surface area contributed by atoms with Crippen LogP contribution in [0.25, 0.3) is 0 Å². The molecule has 2 unspecified atom stereocenters. The molecular weight excluding hydrogens is 301 g/mol. The molecule has 2 atom stereocenters. The van der Waals surface area contributed by atoms with Crippen molar-refractivity contribution >= 4 is 28.9 Å². The van der Waals surface area contributed by atoms with Gasteiger partial charge in [-0.25, -0.2) is 0 Å². The van der Waals surface area contributed by atoms with Crippen molar-refractivity contribution in [3.05, 3.63) is 64.1 Å². The fraction of sp³-hybridized carbons (Fsp3) is 0.333. The standard InChI is InChI=1S/C18H19Cl2N/c19-15-10-6-11-16(20)18(15)21-17-12-5-4-9-14(17)13-7-2-1-3-8-13/h1-3,6-8,10-11,14,17,21H,4-5,9,12H2. The number of hydrogen-bond donors (Lipinski definition) is 1. The smallest absolute Gasteiger partial charge is 0.0721 e. The van der Waals surface area contributed by atoms with Crippen LogP contribution in [0.2, 0.25) is 10.0 Å². The van der Waals surface area contributed by atoms with Crippen LogP contribution in [0.3, 0.4) is 0 Å². The minimum Gasteiger partial charge on any atom is -0.379 e. The molecule has 1 fully saturated rings. The van der Waals surface area contributed by atoms with E-state index in [9.17, 15) is 0 Å². The average Bonchev–Trinajstić information content (AvgIpc) is 2.52. The fourth-order valence-electron chi connectivity index (χ4n) is 3.22. The van der Waals surface area contributed by atoms with Crippen molar-refractivity contribution in [2.24, 2.45) is 0 Å². The highest BCUT2D eigenvalue weighted by molar-refractivity contribution is 6.39. The molecule has 2 aromatic carbocycles. The maximum Gasteiger partial charge on any atom is 0.0721 e. The van der Waals surface area contributed by atoms with Crippen LogP contribution >= 0.6 is 23.2 Å². The van der Waals surface area contributed by atoms with E-state index in [1.807, 2.05) is 18.2 Å². The van der Waals surface area contributed by atoms with Crippen molar-refractivity contribution in [1.29, 1.82) is 0 Å². The van der Waals surface area contributed by atoms with Gasteiger partial charge in [0.2, 0.25) is 0 Å². The molecule has 110 valence electrons. The van der Waals surface area contributed by atoms with Gasteiger partial charge in [-0.05, 0) is 30.5 Å². The Labute approximate surface area is 136 Å². The average molecular weight is 320 g/mol. The van der Waals surface area contributed by atoms with Crippen LogP contribution in [0.1, 0.15) is 37.2 Å². The normalized spacial score (nSPS) is 22.0. The molecule has 2 aromatic rings. The summed E-state index contributed by atoms with van der Waals surface area (Å²) in [5.74, 6) is 0.521. The molecule has 0 saturated heterocycles. The summed E-state index contributed by atoms with van der Waals surface area (Å²) in [4.78, 5) is 0. The zero-order valence-corrected chi connectivity index (χ0v) is 13.4. The molecule has 0 bridgehead atoms. The number of para-hydroxylation sites is 1. The van der Waals surface area contributed by atoms with Crippen molar-refractivity contribution in [1.82, 2.24) is 0 Å². The summed E-state index contributed by atoms with van der Waals surface area (Å²) in [6.07, 6.45) is 4.90. The van der Waals surface area contributed by atoms with Crippen molar-refractivity contribution in [3.8, 4) is 0 Å². The van der Waals surface area contributed by atoms with E-state index in [0.717, 1.165) is 12.1 Å². The number of halogens is 2. The Morgan fingerprint density at radius 2 is 1.48 bits per heavy atom. The van der Waals surface area contributed by atoms with Gasteiger partial charge in [-0.3, -0.25) is 0 Å². The van der Waals surface area contributed by atoms with Gasteiger partial charge in [-0.1, -0.05) is 72.4 Å². The van der Waals surface area contributed by atoms with E-state index < -0.39 is 0 Å². The Morgan fingerprint density at radius 3 is 2.19 bits per heavy atom. The molecule has 1 aliphatic rings. The van der Waals surface area contributed by atoms with E-state index in [1.54, 1.807) is 0 Å². The molecule has 0 radical (unpaired) electrons. The number of nitrogens with one attached hydrogen (secondary N) is 1. The Morgan fingerprint density at radius 1 is 0.810 bits per heavy atom. The second-order valence-corrected chi connectivity index (χ2v) is 6.46. The van der Waals surface area contributed by atoms with E-state index in [1.165, 1.54) is 24.8 Å². The van der Waals surface area contributed by atoms with Crippen LogP contribution in [0, 0.1) is 0 Å². The Hall–Kier alpha value is -1.18. The van der Waals surface area contributed by atoms with Crippen molar-refractivity contribution in [2.75, 3.05) is 5.32 Å². The van der Waals surface area contributed by atoms with Gasteiger partial charge in [-0.2, -0.15) is 0 Å². The molecular formula is C18H19Cl2N. The summed E-state index contributed by atoms with van der Waals surface area (Å²) in [6, 6.07) is 16.8. The van der Waals surface area contributed by atoms with Gasteiger partial charge in [0.15, 0.2) is 0 Å². The summed E-state index contributed by atoms with van der Waals surface area (Å²) in [6.45, 7) is 0. The zero-order valence-electron chi connectivity index (χ0n) is 11.9. The van der Waals surface area contributed by atoms with Gasteiger partial charge in [0.25, 0.3) is 0 Å². The first kappa shape index (κ1) is 14.7. The highest BCUT2D eigenvalue weighted by atomic mass is 35.5. The van der Waals surface area contributed by atoms with Gasteiger partial charge < -0.3 is 5.32 Å². The molecule has 21 heavy (non-hydrogen) atoms. The molecule has 0 aliphatic heterocycles. The fourth-order valence-corrected chi connectivity index (χ4v) is 3.73. The SMILES string of the molecule is Clc1cccc(Cl)c1NC1CCCCC1c1ccccc1. The second-order valence-electron chi connectivity index (χ2n) is 5.65. The lowest BCUT2D eigenvalue weighted by atomic mass is 9.80. The van der Waals surface area contributed by atoms with Crippen LogP contribution in [0.4, 0.5) is 5.69 Å². The summed E-state index contributed by atoms with van der Waals surface area (Å²) in [5.41, 5.74) is 2.27. The zero-order chi connectivity index (χ0) is 14.7. The Kier molecular flexibility index (Phi) is 4.72. The largest absolute Gasteiger partial charge is 0.379 e. The van der Waals surface area contributed by atoms with Crippen molar-refractivity contribution < 1.29 is 0 Å².